The number of rotatable bonds is 7. The van der Waals surface area contributed by atoms with Gasteiger partial charge in [-0.3, -0.25) is 14.4 Å². The lowest BCUT2D eigenvalue weighted by molar-refractivity contribution is -0.127. The first-order valence-corrected chi connectivity index (χ1v) is 5.08. The van der Waals surface area contributed by atoms with Gasteiger partial charge in [0, 0.05) is 0 Å². The number of carbonyl (C=O) groups is 4. The summed E-state index contributed by atoms with van der Waals surface area (Å²) in [7, 11) is 0. The van der Waals surface area contributed by atoms with E-state index in [1.165, 1.54) is 0 Å². The Bertz CT molecular complexity index is 282. The van der Waals surface area contributed by atoms with Crippen molar-refractivity contribution in [2.24, 2.45) is 0 Å². The lowest BCUT2D eigenvalue weighted by atomic mass is 10.5. The topological polar surface area (TPSA) is 104 Å². The molecule has 0 atom stereocenters. The van der Waals surface area contributed by atoms with Gasteiger partial charge in [0.25, 0.3) is 0 Å². The van der Waals surface area contributed by atoms with E-state index in [1.807, 2.05) is 0 Å². The third-order valence-electron chi connectivity index (χ3n) is 1.42. The van der Waals surface area contributed by atoms with Crippen LogP contribution in [-0.2, 0) is 19.2 Å². The van der Waals surface area contributed by atoms with Crippen molar-refractivity contribution in [1.82, 2.24) is 16.0 Å². The van der Waals surface area contributed by atoms with Gasteiger partial charge in [0.1, 0.15) is 6.29 Å². The zero-order chi connectivity index (χ0) is 12.4. The molecule has 7 nitrogen and oxygen atoms in total. The SMILES string of the molecule is O=CCNC(=O)CNC(=O)CNC(=O)CS. The van der Waals surface area contributed by atoms with Crippen molar-refractivity contribution < 1.29 is 19.2 Å². The first-order chi connectivity index (χ1) is 7.60. The molecule has 0 saturated heterocycles. The van der Waals surface area contributed by atoms with Crippen LogP contribution in [-0.4, -0.2) is 49.4 Å². The number of aldehydes is 1. The summed E-state index contributed by atoms with van der Waals surface area (Å²) in [5.41, 5.74) is 0. The van der Waals surface area contributed by atoms with Gasteiger partial charge in [0.15, 0.2) is 0 Å². The number of carbonyl (C=O) groups excluding carboxylic acids is 4. The summed E-state index contributed by atoms with van der Waals surface area (Å²) in [4.78, 5) is 42.6. The summed E-state index contributed by atoms with van der Waals surface area (Å²) >= 11 is 3.70. The number of hydrogen-bond donors (Lipinski definition) is 4. The summed E-state index contributed by atoms with van der Waals surface area (Å²) in [6.45, 7) is -0.533. The van der Waals surface area contributed by atoms with E-state index < -0.39 is 11.8 Å². The molecule has 0 aromatic rings. The minimum Gasteiger partial charge on any atom is -0.348 e. The molecule has 0 aromatic heterocycles. The fourth-order valence-corrected chi connectivity index (χ4v) is 0.806. The van der Waals surface area contributed by atoms with E-state index >= 15 is 0 Å². The molecule has 0 aliphatic rings. The molecule has 0 unspecified atom stereocenters. The number of hydrogen-bond acceptors (Lipinski definition) is 5. The average Bonchev–Trinajstić information content (AvgIpc) is 2.30. The Kier molecular flexibility index (Phi) is 7.86. The summed E-state index contributed by atoms with van der Waals surface area (Å²) in [6, 6.07) is 0. The molecule has 0 aromatic carbocycles. The van der Waals surface area contributed by atoms with Gasteiger partial charge in [-0.15, -0.1) is 0 Å². The van der Waals surface area contributed by atoms with E-state index in [4.69, 9.17) is 0 Å². The summed E-state index contributed by atoms with van der Waals surface area (Å²) in [5, 5.41) is 6.79. The highest BCUT2D eigenvalue weighted by atomic mass is 32.1. The first-order valence-electron chi connectivity index (χ1n) is 4.44. The normalized spacial score (nSPS) is 9.06. The predicted octanol–water partition coefficient (Wildman–Crippen LogP) is -2.54. The molecule has 8 heteroatoms. The molecule has 90 valence electrons. The van der Waals surface area contributed by atoms with Crippen molar-refractivity contribution >= 4 is 36.6 Å². The molecule has 0 aliphatic carbocycles. The molecule has 0 spiro atoms. The molecule has 0 saturated carbocycles. The van der Waals surface area contributed by atoms with Gasteiger partial charge < -0.3 is 20.7 Å². The summed E-state index contributed by atoms with van der Waals surface area (Å²) in [6.07, 6.45) is 0.534. The fourth-order valence-electron chi connectivity index (χ4n) is 0.694. The average molecular weight is 247 g/mol. The second-order valence-corrected chi connectivity index (χ2v) is 3.00. The standard InChI is InChI=1S/C8H13N3O4S/c12-2-1-9-6(13)3-10-7(14)4-11-8(15)5-16/h2,16H,1,3-5H2,(H,9,13)(H,10,14)(H,11,15). The largest absolute Gasteiger partial charge is 0.348 e. The molecule has 16 heavy (non-hydrogen) atoms. The van der Waals surface area contributed by atoms with Crippen LogP contribution in [0.4, 0.5) is 0 Å². The lowest BCUT2D eigenvalue weighted by Crippen LogP contribution is -2.42. The van der Waals surface area contributed by atoms with Gasteiger partial charge >= 0.3 is 0 Å². The molecule has 0 heterocycles. The maximum Gasteiger partial charge on any atom is 0.239 e. The van der Waals surface area contributed by atoms with Gasteiger partial charge in [-0.25, -0.2) is 0 Å². The molecule has 3 amide bonds. The zero-order valence-electron chi connectivity index (χ0n) is 8.49. The van der Waals surface area contributed by atoms with Crippen molar-refractivity contribution in [3.63, 3.8) is 0 Å². The second kappa shape index (κ2) is 8.72. The Hall–Kier alpha value is -1.57. The van der Waals surface area contributed by atoms with E-state index in [0.717, 1.165) is 0 Å². The van der Waals surface area contributed by atoms with E-state index in [1.54, 1.807) is 0 Å². The van der Waals surface area contributed by atoms with Crippen molar-refractivity contribution in [3.05, 3.63) is 0 Å². The molecular formula is C8H13N3O4S. The maximum absolute atomic E-state index is 11.0. The Morgan fingerprint density at radius 3 is 1.94 bits per heavy atom. The smallest absolute Gasteiger partial charge is 0.239 e. The van der Waals surface area contributed by atoms with Gasteiger partial charge in [-0.1, -0.05) is 0 Å². The molecule has 3 N–H and O–H groups in total. The van der Waals surface area contributed by atoms with Crippen molar-refractivity contribution in [2.75, 3.05) is 25.4 Å². The van der Waals surface area contributed by atoms with Crippen molar-refractivity contribution in [2.45, 2.75) is 0 Å². The van der Waals surface area contributed by atoms with Crippen LogP contribution in [0.3, 0.4) is 0 Å². The third-order valence-corrected chi connectivity index (χ3v) is 1.71. The van der Waals surface area contributed by atoms with Gasteiger partial charge in [0.2, 0.25) is 17.7 Å². The zero-order valence-corrected chi connectivity index (χ0v) is 9.38. The maximum atomic E-state index is 11.0. The molecule has 0 aliphatic heterocycles. The van der Waals surface area contributed by atoms with Crippen molar-refractivity contribution in [3.8, 4) is 0 Å². The number of amides is 3. The highest BCUT2D eigenvalue weighted by Gasteiger charge is 2.05. The first kappa shape index (κ1) is 14.4. The van der Waals surface area contributed by atoms with Crippen LogP contribution in [0.15, 0.2) is 0 Å². The predicted molar refractivity (Wildman–Crippen MR) is 58.9 cm³/mol. The van der Waals surface area contributed by atoms with Crippen LogP contribution in [0.2, 0.25) is 0 Å². The summed E-state index contributed by atoms with van der Waals surface area (Å²) < 4.78 is 0. The minimum atomic E-state index is -0.489. The van der Waals surface area contributed by atoms with Gasteiger partial charge in [-0.2, -0.15) is 12.6 Å². The Morgan fingerprint density at radius 1 is 0.938 bits per heavy atom. The van der Waals surface area contributed by atoms with Crippen LogP contribution in [0, 0.1) is 0 Å². The quantitative estimate of drug-likeness (QED) is 0.294. The van der Waals surface area contributed by atoms with E-state index in [9.17, 15) is 19.2 Å². The Labute approximate surface area is 97.7 Å². The van der Waals surface area contributed by atoms with Crippen LogP contribution < -0.4 is 16.0 Å². The van der Waals surface area contributed by atoms with Gasteiger partial charge in [0.05, 0.1) is 25.4 Å². The van der Waals surface area contributed by atoms with E-state index in [0.29, 0.717) is 6.29 Å². The molecule has 0 radical (unpaired) electrons. The number of nitrogens with one attached hydrogen (secondary N) is 3. The van der Waals surface area contributed by atoms with Crippen LogP contribution in [0.1, 0.15) is 0 Å². The third kappa shape index (κ3) is 7.80. The second-order valence-electron chi connectivity index (χ2n) is 2.68. The number of thiol groups is 1. The highest BCUT2D eigenvalue weighted by Crippen LogP contribution is 1.73. The van der Waals surface area contributed by atoms with Crippen molar-refractivity contribution in [1.29, 1.82) is 0 Å². The van der Waals surface area contributed by atoms with Crippen LogP contribution in [0.25, 0.3) is 0 Å². The van der Waals surface area contributed by atoms with Crippen LogP contribution in [0.5, 0.6) is 0 Å². The Morgan fingerprint density at radius 2 is 1.44 bits per heavy atom. The monoisotopic (exact) mass is 247 g/mol. The van der Waals surface area contributed by atoms with Gasteiger partial charge in [-0.05, 0) is 0 Å². The molecular weight excluding hydrogens is 234 g/mol. The molecule has 0 bridgehead atoms. The Balaban J connectivity index is 3.60. The summed E-state index contributed by atoms with van der Waals surface area (Å²) in [5.74, 6) is -1.34. The molecule has 0 rings (SSSR count). The highest BCUT2D eigenvalue weighted by molar-refractivity contribution is 7.81. The minimum absolute atomic E-state index is 0.00684. The molecule has 0 fully saturated rings. The lowest BCUT2D eigenvalue weighted by Gasteiger charge is -2.05. The van der Waals surface area contributed by atoms with E-state index in [-0.39, 0.29) is 31.3 Å². The van der Waals surface area contributed by atoms with E-state index in [2.05, 4.69) is 28.6 Å². The fraction of sp³-hybridized carbons (Fsp3) is 0.500. The van der Waals surface area contributed by atoms with Crippen LogP contribution >= 0.6 is 12.6 Å².